The van der Waals surface area contributed by atoms with Crippen LogP contribution in [0.5, 0.6) is 0 Å². The summed E-state index contributed by atoms with van der Waals surface area (Å²) in [5.41, 5.74) is 0. The average Bonchev–Trinajstić information content (AvgIpc) is 2.53. The number of rotatable bonds is 4. The normalized spacial score (nSPS) is 25.8. The summed E-state index contributed by atoms with van der Waals surface area (Å²) in [6.07, 6.45) is 1.70. The van der Waals surface area contributed by atoms with Gasteiger partial charge < -0.3 is 15.2 Å². The Morgan fingerprint density at radius 3 is 2.86 bits per heavy atom. The van der Waals surface area contributed by atoms with Crippen molar-refractivity contribution in [2.45, 2.75) is 51.4 Å². The summed E-state index contributed by atoms with van der Waals surface area (Å²) in [5, 5.41) is 11.9. The zero-order chi connectivity index (χ0) is 10.6. The molecule has 1 heterocycles. The van der Waals surface area contributed by atoms with Gasteiger partial charge in [-0.15, -0.1) is 0 Å². The fraction of sp³-hybridized carbons (Fsp3) is 0.900. The van der Waals surface area contributed by atoms with E-state index in [2.05, 4.69) is 5.32 Å². The molecule has 1 fully saturated rings. The minimum Gasteiger partial charge on any atom is -0.393 e. The standard InChI is InChI=1S/C10H19NO3/c1-7(6-8(2)12)11-10(13)9-4-3-5-14-9/h7-9,12H,3-6H2,1-2H3,(H,11,13)/t7?,8?,9-/m0/s1. The predicted octanol–water partition coefficient (Wildman–Crippen LogP) is 0.441. The van der Waals surface area contributed by atoms with Gasteiger partial charge in [-0.2, -0.15) is 0 Å². The first kappa shape index (κ1) is 11.5. The van der Waals surface area contributed by atoms with Crippen molar-refractivity contribution in [1.29, 1.82) is 0 Å². The van der Waals surface area contributed by atoms with E-state index in [4.69, 9.17) is 9.84 Å². The van der Waals surface area contributed by atoms with E-state index in [1.807, 2.05) is 6.92 Å². The lowest BCUT2D eigenvalue weighted by Crippen LogP contribution is -2.40. The van der Waals surface area contributed by atoms with E-state index in [0.717, 1.165) is 12.8 Å². The number of hydrogen-bond acceptors (Lipinski definition) is 3. The molecule has 0 aliphatic carbocycles. The van der Waals surface area contributed by atoms with E-state index in [1.54, 1.807) is 6.92 Å². The molecule has 0 aromatic heterocycles. The molecule has 0 spiro atoms. The zero-order valence-electron chi connectivity index (χ0n) is 8.82. The maximum atomic E-state index is 11.5. The molecule has 1 aliphatic heterocycles. The highest BCUT2D eigenvalue weighted by atomic mass is 16.5. The quantitative estimate of drug-likeness (QED) is 0.694. The van der Waals surface area contributed by atoms with Crippen LogP contribution in [-0.4, -0.2) is 35.9 Å². The Balaban J connectivity index is 2.25. The molecule has 1 rings (SSSR count). The molecule has 2 N–H and O–H groups in total. The van der Waals surface area contributed by atoms with E-state index in [1.165, 1.54) is 0 Å². The Labute approximate surface area is 84.6 Å². The van der Waals surface area contributed by atoms with Crippen molar-refractivity contribution >= 4 is 5.91 Å². The van der Waals surface area contributed by atoms with Crippen LogP contribution in [0.2, 0.25) is 0 Å². The van der Waals surface area contributed by atoms with Gasteiger partial charge in [0.1, 0.15) is 6.10 Å². The summed E-state index contributed by atoms with van der Waals surface area (Å²) in [7, 11) is 0. The van der Waals surface area contributed by atoms with Gasteiger partial charge in [-0.3, -0.25) is 4.79 Å². The SMILES string of the molecule is CC(O)CC(C)NC(=O)[C@@H]1CCCO1. The fourth-order valence-electron chi connectivity index (χ4n) is 1.69. The maximum absolute atomic E-state index is 11.5. The van der Waals surface area contributed by atoms with Gasteiger partial charge in [-0.1, -0.05) is 0 Å². The van der Waals surface area contributed by atoms with Gasteiger partial charge in [0.05, 0.1) is 6.10 Å². The third-order valence-corrected chi connectivity index (χ3v) is 2.31. The van der Waals surface area contributed by atoms with Gasteiger partial charge in [0.2, 0.25) is 5.91 Å². The number of nitrogens with one attached hydrogen (secondary N) is 1. The zero-order valence-corrected chi connectivity index (χ0v) is 8.82. The summed E-state index contributed by atoms with van der Waals surface area (Å²) in [5.74, 6) is -0.0457. The van der Waals surface area contributed by atoms with Crippen molar-refractivity contribution in [1.82, 2.24) is 5.32 Å². The third-order valence-electron chi connectivity index (χ3n) is 2.31. The van der Waals surface area contributed by atoms with Gasteiger partial charge in [0, 0.05) is 12.6 Å². The van der Waals surface area contributed by atoms with Crippen molar-refractivity contribution in [3.63, 3.8) is 0 Å². The number of carbonyl (C=O) groups excluding carboxylic acids is 1. The minimum absolute atomic E-state index is 0.00620. The first-order chi connectivity index (χ1) is 6.59. The van der Waals surface area contributed by atoms with Crippen LogP contribution >= 0.6 is 0 Å². The van der Waals surface area contributed by atoms with Crippen LogP contribution in [-0.2, 0) is 9.53 Å². The lowest BCUT2D eigenvalue weighted by Gasteiger charge is -2.17. The first-order valence-electron chi connectivity index (χ1n) is 5.19. The molecule has 14 heavy (non-hydrogen) atoms. The largest absolute Gasteiger partial charge is 0.393 e. The molecule has 3 atom stereocenters. The second-order valence-corrected chi connectivity index (χ2v) is 4.00. The van der Waals surface area contributed by atoms with Crippen molar-refractivity contribution < 1.29 is 14.6 Å². The Kier molecular flexibility index (Phi) is 4.35. The van der Waals surface area contributed by atoms with Crippen LogP contribution in [0.15, 0.2) is 0 Å². The summed E-state index contributed by atoms with van der Waals surface area (Å²) >= 11 is 0. The van der Waals surface area contributed by atoms with E-state index >= 15 is 0 Å². The van der Waals surface area contributed by atoms with Gasteiger partial charge in [-0.05, 0) is 33.1 Å². The second kappa shape index (κ2) is 5.32. The maximum Gasteiger partial charge on any atom is 0.249 e. The molecule has 82 valence electrons. The van der Waals surface area contributed by atoms with E-state index < -0.39 is 0 Å². The Morgan fingerprint density at radius 1 is 1.64 bits per heavy atom. The highest BCUT2D eigenvalue weighted by molar-refractivity contribution is 5.81. The molecule has 1 amide bonds. The van der Waals surface area contributed by atoms with Crippen LogP contribution in [0, 0.1) is 0 Å². The van der Waals surface area contributed by atoms with Crippen LogP contribution in [0.25, 0.3) is 0 Å². The highest BCUT2D eigenvalue weighted by Gasteiger charge is 2.24. The molecule has 0 saturated carbocycles. The monoisotopic (exact) mass is 201 g/mol. The van der Waals surface area contributed by atoms with Crippen LogP contribution in [0.1, 0.15) is 33.1 Å². The van der Waals surface area contributed by atoms with E-state index in [9.17, 15) is 4.79 Å². The van der Waals surface area contributed by atoms with Crippen molar-refractivity contribution in [2.24, 2.45) is 0 Å². The second-order valence-electron chi connectivity index (χ2n) is 4.00. The smallest absolute Gasteiger partial charge is 0.249 e. The molecular weight excluding hydrogens is 182 g/mol. The topological polar surface area (TPSA) is 58.6 Å². The average molecular weight is 201 g/mol. The van der Waals surface area contributed by atoms with Gasteiger partial charge in [0.15, 0.2) is 0 Å². The summed E-state index contributed by atoms with van der Waals surface area (Å²) in [4.78, 5) is 11.5. The molecule has 2 unspecified atom stereocenters. The number of hydrogen-bond donors (Lipinski definition) is 2. The lowest BCUT2D eigenvalue weighted by molar-refractivity contribution is -0.130. The molecule has 4 heteroatoms. The van der Waals surface area contributed by atoms with E-state index in [-0.39, 0.29) is 24.2 Å². The van der Waals surface area contributed by atoms with Crippen molar-refractivity contribution in [3.8, 4) is 0 Å². The van der Waals surface area contributed by atoms with Crippen molar-refractivity contribution in [3.05, 3.63) is 0 Å². The minimum atomic E-state index is -0.380. The predicted molar refractivity (Wildman–Crippen MR) is 52.9 cm³/mol. The third kappa shape index (κ3) is 3.64. The molecule has 0 aromatic rings. The Bertz CT molecular complexity index is 188. The molecule has 4 nitrogen and oxygen atoms in total. The van der Waals surface area contributed by atoms with Crippen molar-refractivity contribution in [2.75, 3.05) is 6.61 Å². The van der Waals surface area contributed by atoms with Crippen LogP contribution in [0.4, 0.5) is 0 Å². The molecule has 0 bridgehead atoms. The molecule has 1 aliphatic rings. The number of aliphatic hydroxyl groups is 1. The Hall–Kier alpha value is -0.610. The van der Waals surface area contributed by atoms with Gasteiger partial charge in [0.25, 0.3) is 0 Å². The molecule has 0 aromatic carbocycles. The molecule has 1 saturated heterocycles. The number of ether oxygens (including phenoxy) is 1. The van der Waals surface area contributed by atoms with Gasteiger partial charge in [-0.25, -0.2) is 0 Å². The summed E-state index contributed by atoms with van der Waals surface area (Å²) < 4.78 is 5.25. The number of carbonyl (C=O) groups is 1. The summed E-state index contributed by atoms with van der Waals surface area (Å²) in [6, 6.07) is 0.00620. The van der Waals surface area contributed by atoms with Crippen LogP contribution in [0.3, 0.4) is 0 Å². The summed E-state index contributed by atoms with van der Waals surface area (Å²) in [6.45, 7) is 4.29. The number of amides is 1. The van der Waals surface area contributed by atoms with E-state index in [0.29, 0.717) is 13.0 Å². The Morgan fingerprint density at radius 2 is 2.36 bits per heavy atom. The molecule has 0 radical (unpaired) electrons. The van der Waals surface area contributed by atoms with Gasteiger partial charge >= 0.3 is 0 Å². The highest BCUT2D eigenvalue weighted by Crippen LogP contribution is 2.12. The fourth-order valence-corrected chi connectivity index (χ4v) is 1.69. The first-order valence-corrected chi connectivity index (χ1v) is 5.19. The molecular formula is C10H19NO3. The number of aliphatic hydroxyl groups excluding tert-OH is 1. The van der Waals surface area contributed by atoms with Crippen LogP contribution < -0.4 is 5.32 Å². The lowest BCUT2D eigenvalue weighted by atomic mass is 10.1.